The van der Waals surface area contributed by atoms with Gasteiger partial charge in [-0.05, 0) is 54.7 Å². The highest BCUT2D eigenvalue weighted by Crippen LogP contribution is 2.18. The van der Waals surface area contributed by atoms with Crippen LogP contribution < -0.4 is 4.90 Å². The number of rotatable bonds is 6. The Labute approximate surface area is 163 Å². The Kier molecular flexibility index (Phi) is 7.92. The molecule has 4 heteroatoms. The van der Waals surface area contributed by atoms with E-state index >= 15 is 0 Å². The number of aryl methyl sites for hydroxylation is 2. The molecule has 1 aliphatic heterocycles. The zero-order valence-corrected chi connectivity index (χ0v) is 16.7. The van der Waals surface area contributed by atoms with Crippen molar-refractivity contribution in [1.82, 2.24) is 4.90 Å². The van der Waals surface area contributed by atoms with Gasteiger partial charge in [-0.2, -0.15) is 0 Å². The molecule has 2 nitrogen and oxygen atoms in total. The van der Waals surface area contributed by atoms with E-state index in [1.807, 2.05) is 6.07 Å². The smallest absolute Gasteiger partial charge is 0.125 e. The lowest BCUT2D eigenvalue weighted by molar-refractivity contribution is 0.261. The van der Waals surface area contributed by atoms with Crippen LogP contribution in [0.25, 0.3) is 0 Å². The third-order valence-electron chi connectivity index (χ3n) is 5.20. The summed E-state index contributed by atoms with van der Waals surface area (Å²) in [4.78, 5) is 4.81. The molecule has 0 aliphatic carbocycles. The van der Waals surface area contributed by atoms with Crippen LogP contribution in [0.2, 0.25) is 0 Å². The molecule has 0 saturated carbocycles. The third-order valence-corrected chi connectivity index (χ3v) is 5.20. The molecule has 1 fully saturated rings. The average molecular weight is 377 g/mol. The van der Waals surface area contributed by atoms with Gasteiger partial charge in [-0.25, -0.2) is 4.39 Å². The second-order valence-electron chi connectivity index (χ2n) is 7.07. The van der Waals surface area contributed by atoms with Gasteiger partial charge in [0.2, 0.25) is 0 Å². The van der Waals surface area contributed by atoms with Crippen LogP contribution in [0, 0.1) is 12.7 Å². The van der Waals surface area contributed by atoms with Crippen molar-refractivity contribution in [3.63, 3.8) is 0 Å². The second-order valence-corrected chi connectivity index (χ2v) is 7.07. The Bertz CT molecular complexity index is 696. The van der Waals surface area contributed by atoms with Gasteiger partial charge in [0.15, 0.2) is 0 Å². The van der Waals surface area contributed by atoms with Crippen LogP contribution >= 0.6 is 12.4 Å². The monoisotopic (exact) mass is 376 g/mol. The van der Waals surface area contributed by atoms with Gasteiger partial charge in [0.1, 0.15) is 5.82 Å². The molecule has 3 rings (SSSR count). The Morgan fingerprint density at radius 3 is 2.42 bits per heavy atom. The van der Waals surface area contributed by atoms with Gasteiger partial charge in [0.25, 0.3) is 0 Å². The molecule has 0 atom stereocenters. The minimum atomic E-state index is -0.151. The maximum atomic E-state index is 13.4. The Hall–Kier alpha value is -1.58. The summed E-state index contributed by atoms with van der Waals surface area (Å²) in [6.07, 6.45) is 3.48. The highest BCUT2D eigenvalue weighted by molar-refractivity contribution is 5.85. The SMILES string of the molecule is CCCc1cc(CCN2CCN(c3cccc(F)c3)CC2)ccc1C.Cl. The Morgan fingerprint density at radius 2 is 1.73 bits per heavy atom. The summed E-state index contributed by atoms with van der Waals surface area (Å²) in [5, 5.41) is 0. The van der Waals surface area contributed by atoms with E-state index < -0.39 is 0 Å². The molecule has 2 aromatic carbocycles. The van der Waals surface area contributed by atoms with Crippen LogP contribution in [0.15, 0.2) is 42.5 Å². The largest absolute Gasteiger partial charge is 0.369 e. The number of nitrogens with zero attached hydrogens (tertiary/aromatic N) is 2. The quantitative estimate of drug-likeness (QED) is 0.709. The molecule has 0 bridgehead atoms. The maximum Gasteiger partial charge on any atom is 0.125 e. The minimum Gasteiger partial charge on any atom is -0.369 e. The highest BCUT2D eigenvalue weighted by Gasteiger charge is 2.17. The first-order valence-electron chi connectivity index (χ1n) is 9.47. The van der Waals surface area contributed by atoms with Gasteiger partial charge in [-0.15, -0.1) is 12.4 Å². The fourth-order valence-electron chi connectivity index (χ4n) is 3.61. The molecule has 1 saturated heterocycles. The summed E-state index contributed by atoms with van der Waals surface area (Å²) in [5.74, 6) is -0.151. The van der Waals surface area contributed by atoms with Crippen LogP contribution in [0.5, 0.6) is 0 Å². The molecule has 1 heterocycles. The van der Waals surface area contributed by atoms with Gasteiger partial charge in [0.05, 0.1) is 0 Å². The minimum absolute atomic E-state index is 0. The van der Waals surface area contributed by atoms with E-state index in [0.29, 0.717) is 0 Å². The standard InChI is InChI=1S/C22H29FN2.ClH/c1-3-5-20-16-19(9-8-18(20)2)10-11-24-12-14-25(15-13-24)22-7-4-6-21(23)17-22;/h4,6-9,16-17H,3,5,10-15H2,1-2H3;1H. The zero-order valence-electron chi connectivity index (χ0n) is 15.9. The van der Waals surface area contributed by atoms with E-state index in [1.54, 1.807) is 12.1 Å². The summed E-state index contributed by atoms with van der Waals surface area (Å²) < 4.78 is 13.4. The normalized spacial score (nSPS) is 15.0. The van der Waals surface area contributed by atoms with E-state index in [1.165, 1.54) is 35.6 Å². The lowest BCUT2D eigenvalue weighted by Crippen LogP contribution is -2.47. The zero-order chi connectivity index (χ0) is 17.6. The number of benzene rings is 2. The molecule has 0 spiro atoms. The number of piperazine rings is 1. The summed E-state index contributed by atoms with van der Waals surface area (Å²) >= 11 is 0. The fraction of sp³-hybridized carbons (Fsp3) is 0.455. The predicted molar refractivity (Wildman–Crippen MR) is 111 cm³/mol. The van der Waals surface area contributed by atoms with E-state index in [-0.39, 0.29) is 18.2 Å². The topological polar surface area (TPSA) is 6.48 Å². The lowest BCUT2D eigenvalue weighted by Gasteiger charge is -2.36. The third kappa shape index (κ3) is 5.46. The van der Waals surface area contributed by atoms with E-state index in [0.717, 1.165) is 44.8 Å². The van der Waals surface area contributed by atoms with Crippen molar-refractivity contribution < 1.29 is 4.39 Å². The molecule has 0 aromatic heterocycles. The van der Waals surface area contributed by atoms with Crippen molar-refractivity contribution in [3.8, 4) is 0 Å². The Morgan fingerprint density at radius 1 is 0.962 bits per heavy atom. The fourth-order valence-corrected chi connectivity index (χ4v) is 3.61. The van der Waals surface area contributed by atoms with Gasteiger partial charge in [-0.1, -0.05) is 37.6 Å². The molecule has 0 radical (unpaired) electrons. The summed E-state index contributed by atoms with van der Waals surface area (Å²) in [5.41, 5.74) is 5.36. The van der Waals surface area contributed by atoms with Crippen molar-refractivity contribution in [1.29, 1.82) is 0 Å². The summed E-state index contributed by atoms with van der Waals surface area (Å²) in [6.45, 7) is 9.58. The van der Waals surface area contributed by atoms with Gasteiger partial charge in [0, 0.05) is 38.4 Å². The van der Waals surface area contributed by atoms with Crippen LogP contribution in [0.1, 0.15) is 30.0 Å². The van der Waals surface area contributed by atoms with Crippen molar-refractivity contribution in [2.24, 2.45) is 0 Å². The summed E-state index contributed by atoms with van der Waals surface area (Å²) in [7, 11) is 0. The van der Waals surface area contributed by atoms with Gasteiger partial charge >= 0.3 is 0 Å². The second kappa shape index (κ2) is 9.94. The highest BCUT2D eigenvalue weighted by atomic mass is 35.5. The predicted octanol–water partition coefficient (Wildman–Crippen LogP) is 4.87. The number of hydrogen-bond donors (Lipinski definition) is 0. The number of halogens is 2. The number of anilines is 1. The van der Waals surface area contributed by atoms with Crippen molar-refractivity contribution in [3.05, 3.63) is 65.0 Å². The molecular weight excluding hydrogens is 347 g/mol. The van der Waals surface area contributed by atoms with Crippen LogP contribution in [0.4, 0.5) is 10.1 Å². The van der Waals surface area contributed by atoms with Crippen molar-refractivity contribution >= 4 is 18.1 Å². The van der Waals surface area contributed by atoms with Gasteiger partial charge in [-0.3, -0.25) is 4.90 Å². The molecule has 1 aliphatic rings. The van der Waals surface area contributed by atoms with Crippen LogP contribution in [-0.2, 0) is 12.8 Å². The molecule has 26 heavy (non-hydrogen) atoms. The maximum absolute atomic E-state index is 13.4. The Balaban J connectivity index is 0.00000243. The molecule has 0 unspecified atom stereocenters. The first kappa shape index (κ1) is 20.7. The van der Waals surface area contributed by atoms with Gasteiger partial charge < -0.3 is 4.90 Å². The molecule has 0 amide bonds. The lowest BCUT2D eigenvalue weighted by atomic mass is 9.99. The van der Waals surface area contributed by atoms with Crippen LogP contribution in [0.3, 0.4) is 0 Å². The first-order chi connectivity index (χ1) is 12.2. The first-order valence-corrected chi connectivity index (χ1v) is 9.47. The number of hydrogen-bond acceptors (Lipinski definition) is 2. The van der Waals surface area contributed by atoms with E-state index in [2.05, 4.69) is 41.8 Å². The van der Waals surface area contributed by atoms with Crippen molar-refractivity contribution in [2.45, 2.75) is 33.1 Å². The average Bonchev–Trinajstić information content (AvgIpc) is 2.63. The molecule has 2 aromatic rings. The summed E-state index contributed by atoms with van der Waals surface area (Å²) in [6, 6.07) is 13.9. The molecular formula is C22H30ClFN2. The van der Waals surface area contributed by atoms with E-state index in [9.17, 15) is 4.39 Å². The van der Waals surface area contributed by atoms with Crippen LogP contribution in [-0.4, -0.2) is 37.6 Å². The molecule has 142 valence electrons. The van der Waals surface area contributed by atoms with Crippen molar-refractivity contribution in [2.75, 3.05) is 37.6 Å². The molecule has 0 N–H and O–H groups in total. The van der Waals surface area contributed by atoms with E-state index in [4.69, 9.17) is 0 Å².